The molecule has 3 aliphatic rings. The lowest BCUT2D eigenvalue weighted by Gasteiger charge is -2.46. The summed E-state index contributed by atoms with van der Waals surface area (Å²) < 4.78 is 40.1. The summed E-state index contributed by atoms with van der Waals surface area (Å²) in [7, 11) is 0. The zero-order valence-corrected chi connectivity index (χ0v) is 27.9. The first-order valence-electron chi connectivity index (χ1n) is 16.4. The summed E-state index contributed by atoms with van der Waals surface area (Å²) in [5.41, 5.74) is -1.54. The summed E-state index contributed by atoms with van der Waals surface area (Å²) in [5.74, 6) is -3.68. The van der Waals surface area contributed by atoms with Crippen molar-refractivity contribution in [2.45, 2.75) is 106 Å². The SMILES string of the molecule is C[C@@H]1O[C@@H](O[C@H]2[C@H](Oc3c(-c4ccc(O)c(O)c4)oc4cc(O)cc(O)c4c3=O)O[C@H](CO[C@H]3O[C@@H](C)[C@H](O)[C@@H](O)[C@H]3O)[C@@H](O)[C@@H]2O)[C@H](O)[C@H](O)[C@H]1O. The van der Waals surface area contributed by atoms with E-state index in [1.807, 2.05) is 0 Å². The molecule has 0 amide bonds. The van der Waals surface area contributed by atoms with Crippen molar-refractivity contribution in [1.29, 1.82) is 0 Å². The number of hydrogen-bond donors (Lipinski definition) is 12. The van der Waals surface area contributed by atoms with E-state index < -0.39 is 144 Å². The van der Waals surface area contributed by atoms with Gasteiger partial charge >= 0.3 is 0 Å². The van der Waals surface area contributed by atoms with E-state index in [-0.39, 0.29) is 11.1 Å². The second-order valence-corrected chi connectivity index (χ2v) is 13.1. The Morgan fingerprint density at radius 3 is 1.91 bits per heavy atom. The van der Waals surface area contributed by atoms with Gasteiger partial charge in [-0.15, -0.1) is 0 Å². The number of fused-ring (bicyclic) bond motifs is 1. The summed E-state index contributed by atoms with van der Waals surface area (Å²) in [4.78, 5) is 14.0. The molecule has 0 unspecified atom stereocenters. The quantitative estimate of drug-likeness (QED) is 0.103. The Bertz CT molecular complexity index is 1830. The summed E-state index contributed by atoms with van der Waals surface area (Å²) in [6, 6.07) is 5.09. The first-order chi connectivity index (χ1) is 25.0. The summed E-state index contributed by atoms with van der Waals surface area (Å²) >= 11 is 0. The van der Waals surface area contributed by atoms with Gasteiger partial charge in [-0.1, -0.05) is 0 Å². The topological polar surface area (TPSA) is 328 Å². The van der Waals surface area contributed by atoms with Crippen molar-refractivity contribution in [3.05, 3.63) is 40.6 Å². The standard InChI is InChI=1S/C33H40O20/c1-9-19(38)23(42)26(45)31(48-9)47-8-17-21(40)25(44)30(53-32-27(46)24(43)20(39)10(2)49-32)33(51-17)52-29-22(41)18-15(37)6-12(34)7-16(18)50-28(29)11-3-4-13(35)14(36)5-11/h3-7,9-10,17,19-21,23-27,30-40,42-46H,8H2,1-2H3/t9-,10-,17+,19-,20-,21+,23+,24+,25-,26+,27+,30+,31-,32-,33-/m0/s1. The Morgan fingerprint density at radius 2 is 1.26 bits per heavy atom. The van der Waals surface area contributed by atoms with Crippen LogP contribution in [0.4, 0.5) is 0 Å². The van der Waals surface area contributed by atoms with Gasteiger partial charge < -0.3 is 94.1 Å². The molecule has 1 aromatic heterocycles. The second-order valence-electron chi connectivity index (χ2n) is 13.1. The maximum absolute atomic E-state index is 14.0. The molecule has 3 aliphatic heterocycles. The molecular weight excluding hydrogens is 716 g/mol. The van der Waals surface area contributed by atoms with Gasteiger partial charge in [0.15, 0.2) is 35.9 Å². The largest absolute Gasteiger partial charge is 0.508 e. The van der Waals surface area contributed by atoms with Crippen molar-refractivity contribution in [1.82, 2.24) is 0 Å². The van der Waals surface area contributed by atoms with Crippen LogP contribution in [0, 0.1) is 0 Å². The molecule has 53 heavy (non-hydrogen) atoms. The molecule has 292 valence electrons. The van der Waals surface area contributed by atoms with E-state index in [0.717, 1.165) is 24.3 Å². The monoisotopic (exact) mass is 756 g/mol. The zero-order valence-electron chi connectivity index (χ0n) is 27.9. The lowest BCUT2D eigenvalue weighted by molar-refractivity contribution is -0.360. The number of hydrogen-bond acceptors (Lipinski definition) is 20. The maximum atomic E-state index is 14.0. The van der Waals surface area contributed by atoms with Crippen LogP contribution >= 0.6 is 0 Å². The second kappa shape index (κ2) is 15.1. The van der Waals surface area contributed by atoms with E-state index in [4.69, 9.17) is 32.8 Å². The number of benzene rings is 2. The normalized spacial score (nSPS) is 37.8. The average Bonchev–Trinajstić information content (AvgIpc) is 3.11. The Hall–Kier alpha value is -3.87. The van der Waals surface area contributed by atoms with Crippen molar-refractivity contribution in [3.8, 4) is 40.1 Å². The van der Waals surface area contributed by atoms with Gasteiger partial charge in [-0.3, -0.25) is 4.79 Å². The Morgan fingerprint density at radius 1 is 0.642 bits per heavy atom. The highest BCUT2D eigenvalue weighted by atomic mass is 16.8. The zero-order chi connectivity index (χ0) is 38.6. The molecule has 0 saturated carbocycles. The molecule has 3 saturated heterocycles. The number of aliphatic hydroxyl groups excluding tert-OH is 8. The van der Waals surface area contributed by atoms with Gasteiger partial charge in [0, 0.05) is 17.7 Å². The van der Waals surface area contributed by atoms with Gasteiger partial charge in [0.2, 0.25) is 17.5 Å². The molecule has 0 bridgehead atoms. The molecule has 12 N–H and O–H groups in total. The molecule has 0 spiro atoms. The van der Waals surface area contributed by atoms with Crippen LogP contribution in [0.5, 0.6) is 28.7 Å². The van der Waals surface area contributed by atoms with E-state index in [9.17, 15) is 66.1 Å². The third-order valence-corrected chi connectivity index (χ3v) is 9.37. The fourth-order valence-corrected chi connectivity index (χ4v) is 6.25. The van der Waals surface area contributed by atoms with Crippen molar-refractivity contribution < 1.29 is 94.1 Å². The smallest absolute Gasteiger partial charge is 0.239 e. The van der Waals surface area contributed by atoms with Crippen LogP contribution in [0.25, 0.3) is 22.3 Å². The number of rotatable bonds is 8. The number of ether oxygens (including phenoxy) is 6. The van der Waals surface area contributed by atoms with Gasteiger partial charge in [-0.05, 0) is 32.0 Å². The molecule has 3 aromatic rings. The first kappa shape index (κ1) is 38.8. The van der Waals surface area contributed by atoms with E-state index in [0.29, 0.717) is 0 Å². The highest BCUT2D eigenvalue weighted by Crippen LogP contribution is 2.40. The van der Waals surface area contributed by atoms with Crippen LogP contribution in [-0.2, 0) is 23.7 Å². The van der Waals surface area contributed by atoms with Gasteiger partial charge in [0.05, 0.1) is 18.8 Å². The van der Waals surface area contributed by atoms with Crippen LogP contribution in [0.15, 0.2) is 39.5 Å². The van der Waals surface area contributed by atoms with E-state index in [1.54, 1.807) is 0 Å². The maximum Gasteiger partial charge on any atom is 0.239 e. The fourth-order valence-electron chi connectivity index (χ4n) is 6.25. The van der Waals surface area contributed by atoms with Gasteiger partial charge in [-0.2, -0.15) is 0 Å². The summed E-state index contributed by atoms with van der Waals surface area (Å²) in [6.07, 6.45) is -25.1. The van der Waals surface area contributed by atoms with Gasteiger partial charge in [0.1, 0.15) is 77.4 Å². The van der Waals surface area contributed by atoms with Crippen LogP contribution < -0.4 is 10.2 Å². The molecule has 15 atom stereocenters. The number of phenolic OH excluding ortho intramolecular Hbond substituents is 4. The third-order valence-electron chi connectivity index (χ3n) is 9.37. The van der Waals surface area contributed by atoms with Crippen molar-refractivity contribution in [2.24, 2.45) is 0 Å². The lowest BCUT2D eigenvalue weighted by atomic mass is 9.97. The molecule has 4 heterocycles. The molecule has 2 aromatic carbocycles. The highest BCUT2D eigenvalue weighted by Gasteiger charge is 2.52. The molecule has 20 heteroatoms. The minimum atomic E-state index is -2.04. The highest BCUT2D eigenvalue weighted by molar-refractivity contribution is 5.88. The van der Waals surface area contributed by atoms with Crippen molar-refractivity contribution in [3.63, 3.8) is 0 Å². The molecule has 6 rings (SSSR count). The predicted molar refractivity (Wildman–Crippen MR) is 171 cm³/mol. The molecule has 20 nitrogen and oxygen atoms in total. The Kier molecular flexibility index (Phi) is 11.1. The third kappa shape index (κ3) is 7.34. The fraction of sp³-hybridized carbons (Fsp3) is 0.545. The first-order valence-corrected chi connectivity index (χ1v) is 16.4. The van der Waals surface area contributed by atoms with Crippen molar-refractivity contribution in [2.75, 3.05) is 6.61 Å². The molecule has 0 aliphatic carbocycles. The number of aromatic hydroxyl groups is 4. The van der Waals surface area contributed by atoms with E-state index in [1.165, 1.54) is 19.9 Å². The van der Waals surface area contributed by atoms with Crippen LogP contribution in [0.3, 0.4) is 0 Å². The van der Waals surface area contributed by atoms with Crippen molar-refractivity contribution >= 4 is 11.0 Å². The predicted octanol–water partition coefficient (Wildman–Crippen LogP) is -2.84. The lowest BCUT2D eigenvalue weighted by Crippen LogP contribution is -2.65. The number of aliphatic hydroxyl groups is 8. The molecule has 3 fully saturated rings. The van der Waals surface area contributed by atoms with Crippen LogP contribution in [0.1, 0.15) is 13.8 Å². The Balaban J connectivity index is 1.40. The van der Waals surface area contributed by atoms with Crippen LogP contribution in [-0.4, -0.2) is 160 Å². The van der Waals surface area contributed by atoms with Gasteiger partial charge in [0.25, 0.3) is 0 Å². The minimum absolute atomic E-state index is 0.0962. The van der Waals surface area contributed by atoms with E-state index >= 15 is 0 Å². The summed E-state index contributed by atoms with van der Waals surface area (Å²) in [5, 5.41) is 125. The van der Waals surface area contributed by atoms with Crippen LogP contribution in [0.2, 0.25) is 0 Å². The van der Waals surface area contributed by atoms with E-state index in [2.05, 4.69) is 0 Å². The molecular formula is C33H40O20. The van der Waals surface area contributed by atoms with Gasteiger partial charge in [-0.25, -0.2) is 0 Å². The minimum Gasteiger partial charge on any atom is -0.508 e. The average molecular weight is 757 g/mol. The molecule has 0 radical (unpaired) electrons. The Labute approximate surface area is 298 Å². The number of phenols is 4. The summed E-state index contributed by atoms with van der Waals surface area (Å²) in [6.45, 7) is 2.05.